The van der Waals surface area contributed by atoms with Crippen LogP contribution in [0.1, 0.15) is 30.1 Å². The number of unbranched alkanes of at least 4 members (excludes halogenated alkanes) is 1. The summed E-state index contributed by atoms with van der Waals surface area (Å²) >= 11 is 0. The summed E-state index contributed by atoms with van der Waals surface area (Å²) in [5.74, 6) is -0.600. The molecule has 0 saturated heterocycles. The zero-order chi connectivity index (χ0) is 15.0. The lowest BCUT2D eigenvalue weighted by atomic mass is 10.2. The molecule has 0 fully saturated rings. The fourth-order valence-corrected chi connectivity index (χ4v) is 2.55. The van der Waals surface area contributed by atoms with Crippen molar-refractivity contribution < 1.29 is 17.9 Å². The zero-order valence-corrected chi connectivity index (χ0v) is 11.9. The van der Waals surface area contributed by atoms with Gasteiger partial charge < -0.3 is 4.74 Å². The monoisotopic (exact) mass is 296 g/mol. The van der Waals surface area contributed by atoms with E-state index in [4.69, 9.17) is 10.00 Å². The van der Waals surface area contributed by atoms with Crippen molar-refractivity contribution in [1.29, 1.82) is 5.26 Å². The van der Waals surface area contributed by atoms with E-state index >= 15 is 0 Å². The normalized spacial score (nSPS) is 10.8. The summed E-state index contributed by atoms with van der Waals surface area (Å²) in [6.07, 6.45) is 0.764. The van der Waals surface area contributed by atoms with E-state index in [1.54, 1.807) is 6.92 Å². The van der Waals surface area contributed by atoms with Gasteiger partial charge in [-0.25, -0.2) is 17.9 Å². The van der Waals surface area contributed by atoms with E-state index in [0.29, 0.717) is 12.8 Å². The van der Waals surface area contributed by atoms with E-state index < -0.39 is 16.0 Å². The number of hydrogen-bond donors (Lipinski definition) is 1. The molecule has 108 valence electrons. The first-order chi connectivity index (χ1) is 9.51. The largest absolute Gasteiger partial charge is 0.462 e. The number of esters is 1. The molecule has 0 aliphatic rings. The van der Waals surface area contributed by atoms with Crippen molar-refractivity contribution in [3.63, 3.8) is 0 Å². The molecule has 20 heavy (non-hydrogen) atoms. The number of nitriles is 1. The maximum absolute atomic E-state index is 11.8. The molecule has 1 aromatic rings. The summed E-state index contributed by atoms with van der Waals surface area (Å²) in [5, 5.41) is 8.36. The third kappa shape index (κ3) is 4.64. The molecule has 0 saturated carbocycles. The molecule has 0 atom stereocenters. The Morgan fingerprint density at radius 2 is 2.20 bits per heavy atom. The van der Waals surface area contributed by atoms with Gasteiger partial charge in [-0.15, -0.1) is 0 Å². The van der Waals surface area contributed by atoms with Crippen LogP contribution in [0.2, 0.25) is 0 Å². The van der Waals surface area contributed by atoms with Crippen LogP contribution < -0.4 is 4.72 Å². The van der Waals surface area contributed by atoms with Gasteiger partial charge in [-0.05, 0) is 24.6 Å². The number of nitrogens with zero attached hydrogens (tertiary/aromatic N) is 1. The van der Waals surface area contributed by atoms with Crippen LogP contribution in [0, 0.1) is 11.3 Å². The Bertz CT molecular complexity index is 605. The molecular formula is C13H16N2O4S. The van der Waals surface area contributed by atoms with Crippen molar-refractivity contribution in [3.05, 3.63) is 29.8 Å². The van der Waals surface area contributed by atoms with Gasteiger partial charge in [0.25, 0.3) is 0 Å². The molecule has 0 bridgehead atoms. The van der Waals surface area contributed by atoms with Crippen molar-refractivity contribution >= 4 is 16.0 Å². The predicted molar refractivity (Wildman–Crippen MR) is 72.4 cm³/mol. The number of ether oxygens (including phenoxy) is 1. The van der Waals surface area contributed by atoms with Crippen LogP contribution in [0.25, 0.3) is 0 Å². The van der Waals surface area contributed by atoms with Crippen LogP contribution in [0.3, 0.4) is 0 Å². The van der Waals surface area contributed by atoms with Gasteiger partial charge in [-0.2, -0.15) is 5.26 Å². The first-order valence-corrected chi connectivity index (χ1v) is 7.63. The fraction of sp³-hybridized carbons (Fsp3) is 0.385. The van der Waals surface area contributed by atoms with E-state index in [1.807, 2.05) is 6.07 Å². The zero-order valence-electron chi connectivity index (χ0n) is 11.1. The van der Waals surface area contributed by atoms with Gasteiger partial charge in [0.05, 0.1) is 23.1 Å². The minimum Gasteiger partial charge on any atom is -0.462 e. The highest BCUT2D eigenvalue weighted by Gasteiger charge is 2.15. The highest BCUT2D eigenvalue weighted by molar-refractivity contribution is 7.89. The number of hydrogen-bond acceptors (Lipinski definition) is 5. The minimum atomic E-state index is -3.60. The number of nitrogens with one attached hydrogen (secondary N) is 1. The van der Waals surface area contributed by atoms with Crippen molar-refractivity contribution in [2.75, 3.05) is 13.2 Å². The number of sulfonamides is 1. The third-order valence-electron chi connectivity index (χ3n) is 2.38. The Kier molecular flexibility index (Phi) is 6.15. The lowest BCUT2D eigenvalue weighted by Crippen LogP contribution is -2.23. The molecule has 1 rings (SSSR count). The molecule has 1 aromatic carbocycles. The molecule has 0 spiro atoms. The van der Waals surface area contributed by atoms with E-state index in [2.05, 4.69) is 4.72 Å². The Balaban J connectivity index is 2.78. The Morgan fingerprint density at radius 3 is 2.85 bits per heavy atom. The standard InChI is InChI=1S/C13H16N2O4S/c1-2-15-20(17,18)12-7-5-6-11(10-12)13(16)19-9-4-3-8-14/h5-7,10,15H,2-4,9H2,1H3. The summed E-state index contributed by atoms with van der Waals surface area (Å²) in [5.41, 5.74) is 0.168. The first-order valence-electron chi connectivity index (χ1n) is 6.15. The summed E-state index contributed by atoms with van der Waals surface area (Å²) in [6, 6.07) is 7.59. The second-order valence-corrected chi connectivity index (χ2v) is 5.69. The summed E-state index contributed by atoms with van der Waals surface area (Å²) in [7, 11) is -3.60. The molecule has 0 amide bonds. The molecule has 1 N–H and O–H groups in total. The lowest BCUT2D eigenvalue weighted by Gasteiger charge is -2.07. The predicted octanol–water partition coefficient (Wildman–Crippen LogP) is 1.45. The Morgan fingerprint density at radius 1 is 1.45 bits per heavy atom. The third-order valence-corrected chi connectivity index (χ3v) is 3.92. The molecule has 0 unspecified atom stereocenters. The molecule has 0 radical (unpaired) electrons. The molecule has 0 aliphatic carbocycles. The van der Waals surface area contributed by atoms with Crippen LogP contribution in [0.4, 0.5) is 0 Å². The molecule has 0 heterocycles. The summed E-state index contributed by atoms with van der Waals surface area (Å²) < 4.78 is 30.9. The molecule has 0 aliphatic heterocycles. The van der Waals surface area contributed by atoms with Gasteiger partial charge in [-0.3, -0.25) is 0 Å². The average Bonchev–Trinajstić information content (AvgIpc) is 2.43. The minimum absolute atomic E-state index is 0.0193. The van der Waals surface area contributed by atoms with E-state index in [-0.39, 0.29) is 23.6 Å². The molecule has 0 aromatic heterocycles. The number of carbonyl (C=O) groups excluding carboxylic acids is 1. The number of benzene rings is 1. The summed E-state index contributed by atoms with van der Waals surface area (Å²) in [6.45, 7) is 2.08. The Labute approximate surface area is 118 Å². The molecule has 7 heteroatoms. The van der Waals surface area contributed by atoms with Crippen LogP contribution >= 0.6 is 0 Å². The Hall–Kier alpha value is -1.91. The van der Waals surface area contributed by atoms with Crippen molar-refractivity contribution in [2.45, 2.75) is 24.7 Å². The average molecular weight is 296 g/mol. The van der Waals surface area contributed by atoms with Crippen molar-refractivity contribution in [1.82, 2.24) is 4.72 Å². The van der Waals surface area contributed by atoms with Gasteiger partial charge in [-0.1, -0.05) is 13.0 Å². The quantitative estimate of drug-likeness (QED) is 0.606. The van der Waals surface area contributed by atoms with Crippen molar-refractivity contribution in [3.8, 4) is 6.07 Å². The van der Waals surface area contributed by atoms with Gasteiger partial charge in [0.2, 0.25) is 10.0 Å². The van der Waals surface area contributed by atoms with Crippen LogP contribution in [0.15, 0.2) is 29.2 Å². The SMILES string of the molecule is CCNS(=O)(=O)c1cccc(C(=O)OCCCC#N)c1. The smallest absolute Gasteiger partial charge is 0.338 e. The molecular weight excluding hydrogens is 280 g/mol. The topological polar surface area (TPSA) is 96.3 Å². The van der Waals surface area contributed by atoms with Crippen LogP contribution in [0.5, 0.6) is 0 Å². The maximum atomic E-state index is 11.8. The van der Waals surface area contributed by atoms with Gasteiger partial charge >= 0.3 is 5.97 Å². The van der Waals surface area contributed by atoms with Crippen LogP contribution in [-0.4, -0.2) is 27.5 Å². The van der Waals surface area contributed by atoms with E-state index in [9.17, 15) is 13.2 Å². The first kappa shape index (κ1) is 16.1. The second kappa shape index (κ2) is 7.62. The second-order valence-electron chi connectivity index (χ2n) is 3.93. The summed E-state index contributed by atoms with van der Waals surface area (Å²) in [4.78, 5) is 11.7. The molecule has 6 nitrogen and oxygen atoms in total. The highest BCUT2D eigenvalue weighted by Crippen LogP contribution is 2.12. The van der Waals surface area contributed by atoms with Gasteiger partial charge in [0, 0.05) is 13.0 Å². The van der Waals surface area contributed by atoms with E-state index in [1.165, 1.54) is 24.3 Å². The highest BCUT2D eigenvalue weighted by atomic mass is 32.2. The fourth-order valence-electron chi connectivity index (χ4n) is 1.46. The van der Waals surface area contributed by atoms with Gasteiger partial charge in [0.1, 0.15) is 0 Å². The van der Waals surface area contributed by atoms with Crippen molar-refractivity contribution in [2.24, 2.45) is 0 Å². The lowest BCUT2D eigenvalue weighted by molar-refractivity contribution is 0.0501. The maximum Gasteiger partial charge on any atom is 0.338 e. The van der Waals surface area contributed by atoms with Gasteiger partial charge in [0.15, 0.2) is 0 Å². The number of carbonyl (C=O) groups is 1. The number of rotatable bonds is 7. The van der Waals surface area contributed by atoms with Crippen LogP contribution in [-0.2, 0) is 14.8 Å². The van der Waals surface area contributed by atoms with E-state index in [0.717, 1.165) is 0 Å².